The summed E-state index contributed by atoms with van der Waals surface area (Å²) in [6.45, 7) is 4.27. The zero-order chi connectivity index (χ0) is 23.4. The molecule has 2 amide bonds. The van der Waals surface area contributed by atoms with Crippen molar-refractivity contribution in [3.05, 3.63) is 24.3 Å². The van der Waals surface area contributed by atoms with E-state index in [0.29, 0.717) is 19.6 Å². The van der Waals surface area contributed by atoms with Crippen LogP contribution >= 0.6 is 11.8 Å². The minimum absolute atomic E-state index is 0.00335. The molecule has 5 atom stereocenters. The highest BCUT2D eigenvalue weighted by atomic mass is 32.2. The van der Waals surface area contributed by atoms with Crippen molar-refractivity contribution in [2.45, 2.75) is 67.9 Å². The largest absolute Gasteiger partial charge is 0.461 e. The van der Waals surface area contributed by atoms with Gasteiger partial charge in [0.1, 0.15) is 12.6 Å². The van der Waals surface area contributed by atoms with Gasteiger partial charge in [0.15, 0.2) is 0 Å². The number of cyclic esters (lactones) is 1. The summed E-state index contributed by atoms with van der Waals surface area (Å²) in [5.41, 5.74) is 0. The van der Waals surface area contributed by atoms with Crippen LogP contribution in [0.1, 0.15) is 51.9 Å². The molecule has 0 aromatic carbocycles. The molecule has 2 fully saturated rings. The normalized spacial score (nSPS) is 33.0. The summed E-state index contributed by atoms with van der Waals surface area (Å²) in [5, 5.41) is 8.89. The number of rotatable bonds is 10. The molecule has 4 rings (SSSR count). The number of carbonyl (C=O) groups excluding carboxylic acids is 3. The van der Waals surface area contributed by atoms with Gasteiger partial charge < -0.3 is 19.6 Å². The zero-order valence-electron chi connectivity index (χ0n) is 19.5. The fraction of sp³-hybridized carbons (Fsp3) is 0.720. The van der Waals surface area contributed by atoms with E-state index < -0.39 is 22.6 Å². The Balaban J connectivity index is 1.65. The molecule has 8 heteroatoms. The van der Waals surface area contributed by atoms with E-state index in [1.807, 2.05) is 23.1 Å². The molecular formula is C25H36N2O5S. The number of aliphatic hydroxyl groups excluding tert-OH is 1. The lowest BCUT2D eigenvalue weighted by Crippen LogP contribution is -2.53. The maximum atomic E-state index is 13.9. The van der Waals surface area contributed by atoms with Gasteiger partial charge in [0, 0.05) is 31.5 Å². The van der Waals surface area contributed by atoms with Crippen LogP contribution in [0.5, 0.6) is 0 Å². The van der Waals surface area contributed by atoms with E-state index in [2.05, 4.69) is 13.0 Å². The summed E-state index contributed by atoms with van der Waals surface area (Å²) in [6.07, 6.45) is 14.3. The van der Waals surface area contributed by atoms with Crippen LogP contribution in [-0.4, -0.2) is 81.6 Å². The highest BCUT2D eigenvalue weighted by Gasteiger charge is 2.70. The minimum Gasteiger partial charge on any atom is -0.461 e. The summed E-state index contributed by atoms with van der Waals surface area (Å²) < 4.78 is 4.66. The summed E-state index contributed by atoms with van der Waals surface area (Å²) in [4.78, 5) is 44.3. The molecule has 0 aromatic rings. The Morgan fingerprint density at radius 3 is 2.64 bits per heavy atom. The second-order valence-corrected chi connectivity index (χ2v) is 11.0. The molecule has 0 bridgehead atoms. The maximum absolute atomic E-state index is 13.9. The van der Waals surface area contributed by atoms with Crippen molar-refractivity contribution in [2.75, 3.05) is 32.8 Å². The molecule has 0 saturated carbocycles. The average molecular weight is 477 g/mol. The van der Waals surface area contributed by atoms with Crippen LogP contribution in [0.2, 0.25) is 0 Å². The summed E-state index contributed by atoms with van der Waals surface area (Å²) in [7, 11) is 0. The highest BCUT2D eigenvalue weighted by molar-refractivity contribution is 8.02. The number of fused-ring (bicyclic) bond motifs is 2. The predicted octanol–water partition coefficient (Wildman–Crippen LogP) is 2.54. The number of thioether (sulfide) groups is 1. The first-order valence-corrected chi connectivity index (χ1v) is 13.3. The van der Waals surface area contributed by atoms with Gasteiger partial charge in [-0.3, -0.25) is 14.4 Å². The number of unbranched alkanes of at least 4 members (excludes halogenated alkanes) is 5. The van der Waals surface area contributed by atoms with Gasteiger partial charge in [0.2, 0.25) is 11.8 Å². The number of amides is 2. The third kappa shape index (κ3) is 4.48. The van der Waals surface area contributed by atoms with Crippen molar-refractivity contribution in [3.63, 3.8) is 0 Å². The number of ether oxygens (including phenoxy) is 1. The number of esters is 1. The van der Waals surface area contributed by atoms with Gasteiger partial charge in [0.05, 0.1) is 16.6 Å². The maximum Gasteiger partial charge on any atom is 0.311 e. The predicted molar refractivity (Wildman–Crippen MR) is 127 cm³/mol. The molecule has 1 unspecified atom stereocenters. The van der Waals surface area contributed by atoms with Crippen molar-refractivity contribution in [3.8, 4) is 0 Å². The van der Waals surface area contributed by atoms with Crippen molar-refractivity contribution in [1.29, 1.82) is 0 Å². The van der Waals surface area contributed by atoms with Crippen molar-refractivity contribution >= 4 is 29.5 Å². The van der Waals surface area contributed by atoms with Crippen molar-refractivity contribution < 1.29 is 24.2 Å². The molecule has 4 heterocycles. The van der Waals surface area contributed by atoms with E-state index in [0.717, 1.165) is 44.9 Å². The monoisotopic (exact) mass is 476 g/mol. The van der Waals surface area contributed by atoms with Crippen LogP contribution in [0.25, 0.3) is 0 Å². The third-order valence-corrected chi connectivity index (χ3v) is 9.08. The Morgan fingerprint density at radius 1 is 1.06 bits per heavy atom. The van der Waals surface area contributed by atoms with E-state index in [4.69, 9.17) is 9.84 Å². The molecule has 182 valence electrons. The Bertz CT molecular complexity index is 815. The first-order valence-electron chi connectivity index (χ1n) is 12.4. The van der Waals surface area contributed by atoms with Crippen LogP contribution in [0, 0.1) is 11.8 Å². The van der Waals surface area contributed by atoms with E-state index in [-0.39, 0.29) is 36.2 Å². The lowest BCUT2D eigenvalue weighted by atomic mass is 9.78. The lowest BCUT2D eigenvalue weighted by Gasteiger charge is -2.35. The van der Waals surface area contributed by atoms with E-state index in [1.54, 1.807) is 16.7 Å². The number of hydrogen-bond acceptors (Lipinski definition) is 6. The van der Waals surface area contributed by atoms with Gasteiger partial charge in [-0.1, -0.05) is 56.9 Å². The number of aliphatic hydroxyl groups is 1. The Labute approximate surface area is 200 Å². The number of hydrogen-bond donors (Lipinski definition) is 1. The Hall–Kier alpha value is -1.80. The van der Waals surface area contributed by atoms with Crippen molar-refractivity contribution in [2.24, 2.45) is 11.8 Å². The van der Waals surface area contributed by atoms with Gasteiger partial charge >= 0.3 is 5.97 Å². The molecular weight excluding hydrogens is 440 g/mol. The number of carbonyl (C=O) groups is 3. The molecule has 4 aliphatic heterocycles. The van der Waals surface area contributed by atoms with Gasteiger partial charge in [-0.2, -0.15) is 0 Å². The van der Waals surface area contributed by atoms with Crippen LogP contribution in [0.3, 0.4) is 0 Å². The van der Waals surface area contributed by atoms with Gasteiger partial charge in [-0.25, -0.2) is 0 Å². The SMILES string of the molecule is CCCCCN1CC=C[C@]23S[C@@H]4C=CCOC(=O)[C@@H]4[C@H]2C(=O)N(CCCCCCO)C3C1=O. The molecule has 0 aliphatic carbocycles. The molecule has 1 spiro atoms. The smallest absolute Gasteiger partial charge is 0.311 e. The molecule has 0 aromatic heterocycles. The fourth-order valence-corrected chi connectivity index (χ4v) is 7.76. The van der Waals surface area contributed by atoms with Crippen molar-refractivity contribution in [1.82, 2.24) is 9.80 Å². The lowest BCUT2D eigenvalue weighted by molar-refractivity contribution is -0.151. The van der Waals surface area contributed by atoms with Gasteiger partial charge in [-0.15, -0.1) is 11.8 Å². The second kappa shape index (κ2) is 10.6. The quantitative estimate of drug-likeness (QED) is 0.296. The van der Waals surface area contributed by atoms with E-state index in [1.165, 1.54) is 0 Å². The summed E-state index contributed by atoms with van der Waals surface area (Å²) in [6, 6.07) is -0.591. The first kappa shape index (κ1) is 24.3. The molecule has 33 heavy (non-hydrogen) atoms. The molecule has 1 N–H and O–H groups in total. The topological polar surface area (TPSA) is 87.2 Å². The number of likely N-dealkylation sites (tertiary alicyclic amines) is 1. The number of nitrogens with zero attached hydrogens (tertiary/aromatic N) is 2. The fourth-order valence-electron chi connectivity index (χ4n) is 5.76. The molecule has 2 saturated heterocycles. The molecule has 7 nitrogen and oxygen atoms in total. The third-order valence-electron chi connectivity index (χ3n) is 7.34. The van der Waals surface area contributed by atoms with Gasteiger partial charge in [-0.05, 0) is 19.3 Å². The summed E-state index contributed by atoms with van der Waals surface area (Å²) >= 11 is 1.60. The van der Waals surface area contributed by atoms with Crippen LogP contribution in [-0.2, 0) is 19.1 Å². The molecule has 0 radical (unpaired) electrons. The Kier molecular flexibility index (Phi) is 7.84. The van der Waals surface area contributed by atoms with Crippen LogP contribution in [0.4, 0.5) is 0 Å². The van der Waals surface area contributed by atoms with Crippen LogP contribution < -0.4 is 0 Å². The zero-order valence-corrected chi connectivity index (χ0v) is 20.3. The standard InChI is InChI=1S/C25H36N2O5S/c1-2-3-6-13-26-14-10-12-25-20(19-18(33-25)11-9-17-32-24(19)31)22(29)27(21(25)23(26)30)15-7-4-5-8-16-28/h9-12,18-21,28H,2-8,13-17H2,1H3/t18-,19+,20+,21?,25+/m1/s1. The average Bonchev–Trinajstić information content (AvgIpc) is 3.10. The highest BCUT2D eigenvalue weighted by Crippen LogP contribution is 2.60. The van der Waals surface area contributed by atoms with Crippen LogP contribution in [0.15, 0.2) is 24.3 Å². The van der Waals surface area contributed by atoms with E-state index >= 15 is 0 Å². The first-order chi connectivity index (χ1) is 16.0. The van der Waals surface area contributed by atoms with Gasteiger partial charge in [0.25, 0.3) is 0 Å². The Morgan fingerprint density at radius 2 is 1.85 bits per heavy atom. The summed E-state index contributed by atoms with van der Waals surface area (Å²) in [5.74, 6) is -1.57. The minimum atomic E-state index is -0.741. The second-order valence-electron chi connectivity index (χ2n) is 9.46. The van der Waals surface area contributed by atoms with E-state index in [9.17, 15) is 14.4 Å². The molecule has 4 aliphatic rings.